The maximum atomic E-state index is 12.6. The quantitative estimate of drug-likeness (QED) is 0.889. The fraction of sp³-hybridized carbons (Fsp3) is 0.545. The van der Waals surface area contributed by atoms with Crippen LogP contribution in [0.5, 0.6) is 0 Å². The van der Waals surface area contributed by atoms with Crippen LogP contribution in [0.15, 0.2) is 12.4 Å². The molecule has 1 aromatic rings. The number of alkyl halides is 3. The molecule has 18 heavy (non-hydrogen) atoms. The molecule has 0 aliphatic rings. The Labute approximate surface area is 102 Å². The van der Waals surface area contributed by atoms with Crippen molar-refractivity contribution < 1.29 is 23.1 Å². The number of aliphatic carboxylic acids is 1. The number of aromatic nitrogens is 2. The molecular weight excluding hydrogens is 249 g/mol. The minimum atomic E-state index is -4.86. The summed E-state index contributed by atoms with van der Waals surface area (Å²) in [5.74, 6) is -4.20. The van der Waals surface area contributed by atoms with Crippen molar-refractivity contribution in [3.63, 3.8) is 0 Å². The lowest BCUT2D eigenvalue weighted by Gasteiger charge is -2.19. The van der Waals surface area contributed by atoms with Crippen LogP contribution in [0.4, 0.5) is 13.2 Å². The number of nitrogens with zero attached hydrogens (tertiary/aromatic N) is 2. The second kappa shape index (κ2) is 4.55. The fourth-order valence-electron chi connectivity index (χ4n) is 1.35. The van der Waals surface area contributed by atoms with E-state index in [9.17, 15) is 18.0 Å². The maximum absolute atomic E-state index is 12.6. The first-order valence-corrected chi connectivity index (χ1v) is 5.15. The Hall–Kier alpha value is -1.66. The van der Waals surface area contributed by atoms with Gasteiger partial charge in [0.25, 0.3) is 0 Å². The second-order valence-electron chi connectivity index (χ2n) is 4.90. The topological polar surface area (TPSA) is 63.1 Å². The van der Waals surface area contributed by atoms with Gasteiger partial charge in [-0.1, -0.05) is 20.8 Å². The molecule has 0 aliphatic carbocycles. The molecule has 0 amide bonds. The van der Waals surface area contributed by atoms with E-state index in [4.69, 9.17) is 5.11 Å². The molecule has 0 saturated heterocycles. The molecular formula is C11H13F3N2O2. The summed E-state index contributed by atoms with van der Waals surface area (Å²) in [5, 5.41) is 8.62. The Bertz CT molecular complexity index is 435. The van der Waals surface area contributed by atoms with Crippen molar-refractivity contribution in [1.29, 1.82) is 0 Å². The van der Waals surface area contributed by atoms with Crippen LogP contribution in [0, 0.1) is 0 Å². The van der Waals surface area contributed by atoms with E-state index < -0.39 is 29.0 Å². The summed E-state index contributed by atoms with van der Waals surface area (Å²) in [4.78, 5) is 18.2. The molecule has 4 nitrogen and oxygen atoms in total. The molecule has 0 aromatic carbocycles. The Kier molecular flexibility index (Phi) is 3.64. The van der Waals surface area contributed by atoms with Crippen LogP contribution in [0.2, 0.25) is 0 Å². The fourth-order valence-corrected chi connectivity index (χ4v) is 1.35. The smallest absolute Gasteiger partial charge is 0.406 e. The zero-order valence-electron chi connectivity index (χ0n) is 10.1. The second-order valence-corrected chi connectivity index (χ2v) is 4.90. The van der Waals surface area contributed by atoms with Gasteiger partial charge >= 0.3 is 12.1 Å². The lowest BCUT2D eigenvalue weighted by atomic mass is 9.95. The third kappa shape index (κ3) is 3.18. The molecule has 1 atom stereocenters. The molecule has 0 radical (unpaired) electrons. The number of carboxylic acid groups (broad SMARTS) is 1. The van der Waals surface area contributed by atoms with Gasteiger partial charge in [0.1, 0.15) is 5.82 Å². The summed E-state index contributed by atoms with van der Waals surface area (Å²) in [6.45, 7) is 5.42. The van der Waals surface area contributed by atoms with Crippen molar-refractivity contribution in [2.24, 2.45) is 0 Å². The number of hydrogen-bond donors (Lipinski definition) is 1. The number of rotatable bonds is 2. The third-order valence-corrected chi connectivity index (χ3v) is 2.25. The highest BCUT2D eigenvalue weighted by Gasteiger charge is 2.46. The average molecular weight is 262 g/mol. The highest BCUT2D eigenvalue weighted by Crippen LogP contribution is 2.34. The minimum Gasteiger partial charge on any atom is -0.481 e. The maximum Gasteiger partial charge on any atom is 0.406 e. The molecule has 1 heterocycles. The van der Waals surface area contributed by atoms with Gasteiger partial charge in [-0.3, -0.25) is 4.79 Å². The number of carbonyl (C=O) groups is 1. The van der Waals surface area contributed by atoms with Crippen molar-refractivity contribution >= 4 is 5.97 Å². The van der Waals surface area contributed by atoms with Crippen LogP contribution in [0.3, 0.4) is 0 Å². The van der Waals surface area contributed by atoms with Crippen molar-refractivity contribution in [2.75, 3.05) is 0 Å². The van der Waals surface area contributed by atoms with Gasteiger partial charge < -0.3 is 5.11 Å². The highest BCUT2D eigenvalue weighted by atomic mass is 19.4. The molecule has 100 valence electrons. The van der Waals surface area contributed by atoms with Gasteiger partial charge in [0.15, 0.2) is 5.92 Å². The third-order valence-electron chi connectivity index (χ3n) is 2.25. The molecule has 0 aliphatic heterocycles. The van der Waals surface area contributed by atoms with E-state index in [0.29, 0.717) is 5.82 Å². The van der Waals surface area contributed by atoms with Gasteiger partial charge in [0.2, 0.25) is 0 Å². The number of hydrogen-bond acceptors (Lipinski definition) is 3. The summed E-state index contributed by atoms with van der Waals surface area (Å²) in [6, 6.07) is 0. The Morgan fingerprint density at radius 2 is 1.67 bits per heavy atom. The molecule has 0 saturated carbocycles. The van der Waals surface area contributed by atoms with Crippen LogP contribution in [-0.2, 0) is 10.2 Å². The van der Waals surface area contributed by atoms with E-state index in [1.54, 1.807) is 20.8 Å². The summed E-state index contributed by atoms with van der Waals surface area (Å²) >= 11 is 0. The number of halogens is 3. The van der Waals surface area contributed by atoms with Gasteiger partial charge in [-0.15, -0.1) is 0 Å². The van der Waals surface area contributed by atoms with Crippen LogP contribution in [0.1, 0.15) is 38.1 Å². The summed E-state index contributed by atoms with van der Waals surface area (Å²) in [7, 11) is 0. The van der Waals surface area contributed by atoms with Crippen LogP contribution in [0.25, 0.3) is 0 Å². The van der Waals surface area contributed by atoms with Gasteiger partial charge in [-0.25, -0.2) is 9.97 Å². The Balaban J connectivity index is 3.14. The number of carboxylic acids is 1. The largest absolute Gasteiger partial charge is 0.481 e. The van der Waals surface area contributed by atoms with Gasteiger partial charge in [0, 0.05) is 23.4 Å². The normalized spacial score (nSPS) is 14.3. The Morgan fingerprint density at radius 1 is 1.22 bits per heavy atom. The first-order chi connectivity index (χ1) is 8.03. The van der Waals surface area contributed by atoms with Crippen molar-refractivity contribution in [3.05, 3.63) is 23.8 Å². The Morgan fingerprint density at radius 3 is 1.94 bits per heavy atom. The zero-order chi connectivity index (χ0) is 14.1. The molecule has 0 bridgehead atoms. The summed E-state index contributed by atoms with van der Waals surface area (Å²) in [6.07, 6.45) is -3.03. The lowest BCUT2D eigenvalue weighted by molar-refractivity contribution is -0.176. The van der Waals surface area contributed by atoms with E-state index in [1.807, 2.05) is 0 Å². The van der Waals surface area contributed by atoms with Crippen LogP contribution >= 0.6 is 0 Å². The van der Waals surface area contributed by atoms with Gasteiger partial charge in [-0.2, -0.15) is 13.2 Å². The van der Waals surface area contributed by atoms with Crippen molar-refractivity contribution in [1.82, 2.24) is 9.97 Å². The van der Waals surface area contributed by atoms with E-state index >= 15 is 0 Å². The molecule has 0 fully saturated rings. The van der Waals surface area contributed by atoms with Crippen molar-refractivity contribution in [3.8, 4) is 0 Å². The monoisotopic (exact) mass is 262 g/mol. The lowest BCUT2D eigenvalue weighted by Crippen LogP contribution is -2.29. The molecule has 1 aromatic heterocycles. The minimum absolute atomic E-state index is 0.359. The summed E-state index contributed by atoms with van der Waals surface area (Å²) < 4.78 is 37.7. The first-order valence-electron chi connectivity index (χ1n) is 5.15. The zero-order valence-corrected chi connectivity index (χ0v) is 10.1. The molecule has 7 heteroatoms. The SMILES string of the molecule is CC(C)(C)c1ncc([C@@H](C(=O)O)C(F)(F)F)cn1. The predicted octanol–water partition coefficient (Wildman–Crippen LogP) is 2.50. The van der Waals surface area contributed by atoms with Crippen LogP contribution < -0.4 is 0 Å². The van der Waals surface area contributed by atoms with E-state index in [1.165, 1.54) is 0 Å². The van der Waals surface area contributed by atoms with E-state index in [0.717, 1.165) is 12.4 Å². The van der Waals surface area contributed by atoms with Crippen molar-refractivity contribution in [2.45, 2.75) is 38.3 Å². The molecule has 1 N–H and O–H groups in total. The van der Waals surface area contributed by atoms with Gasteiger partial charge in [0.05, 0.1) is 0 Å². The highest BCUT2D eigenvalue weighted by molar-refractivity contribution is 5.76. The van der Waals surface area contributed by atoms with Gasteiger partial charge in [-0.05, 0) is 0 Å². The summed E-state index contributed by atoms with van der Waals surface area (Å²) in [5.41, 5.74) is -0.877. The molecule has 0 unspecified atom stereocenters. The van der Waals surface area contributed by atoms with E-state index in [2.05, 4.69) is 9.97 Å². The van der Waals surface area contributed by atoms with E-state index in [-0.39, 0.29) is 0 Å². The standard InChI is InChI=1S/C11H13F3N2O2/c1-10(2,3)9-15-4-6(5-16-9)7(8(17)18)11(12,13)14/h4-5,7H,1-3H3,(H,17,18)/t7-/m0/s1. The molecule has 1 rings (SSSR count). The average Bonchev–Trinajstić information content (AvgIpc) is 2.13. The predicted molar refractivity (Wildman–Crippen MR) is 57.2 cm³/mol. The van der Waals surface area contributed by atoms with Crippen LogP contribution in [-0.4, -0.2) is 27.2 Å². The first kappa shape index (κ1) is 14.4. The molecule has 0 spiro atoms.